The first-order valence-electron chi connectivity index (χ1n) is 18.7. The van der Waals surface area contributed by atoms with Crippen LogP contribution in [0, 0.1) is 0 Å². The summed E-state index contributed by atoms with van der Waals surface area (Å²) in [7, 11) is -14.0. The van der Waals surface area contributed by atoms with Crippen LogP contribution in [0.15, 0.2) is 0 Å². The van der Waals surface area contributed by atoms with Crippen LogP contribution in [0.1, 0.15) is 25.7 Å². The van der Waals surface area contributed by atoms with E-state index in [-0.39, 0.29) is 13.9 Å². The highest BCUT2D eigenvalue weighted by atomic mass is 30.5. The maximum Gasteiger partial charge on any atom is 0.0608 e. The quantitative estimate of drug-likeness (QED) is 0.215. The van der Waals surface area contributed by atoms with E-state index in [1.165, 1.54) is 0 Å². The van der Waals surface area contributed by atoms with Crippen LogP contribution in [-0.4, -0.2) is 92.7 Å². The fourth-order valence-electron chi connectivity index (χ4n) is 17.0. The van der Waals surface area contributed by atoms with Crippen molar-refractivity contribution < 1.29 is 0 Å². The molecule has 2 fully saturated rings. The van der Waals surface area contributed by atoms with Crippen molar-refractivity contribution in [2.75, 3.05) is 0 Å². The van der Waals surface area contributed by atoms with Crippen molar-refractivity contribution in [3.63, 3.8) is 0 Å². The van der Waals surface area contributed by atoms with Gasteiger partial charge in [-0.2, -0.15) is 0 Å². The Balaban J connectivity index is 2.29. The highest BCUT2D eigenvalue weighted by Crippen LogP contribution is 2.91. The zero-order valence-electron chi connectivity index (χ0n) is 34.8. The molecule has 0 N–H and O–H groups in total. The maximum absolute atomic E-state index is 2.98. The van der Waals surface area contributed by atoms with Gasteiger partial charge in [-0.1, -0.05) is 183 Å². The van der Waals surface area contributed by atoms with Crippen molar-refractivity contribution >= 4 is 92.7 Å². The van der Waals surface area contributed by atoms with Crippen LogP contribution in [-0.2, 0) is 0 Å². The van der Waals surface area contributed by atoms with Gasteiger partial charge in [-0.05, 0) is 31.0 Å². The Morgan fingerprint density at radius 1 is 0.273 bits per heavy atom. The van der Waals surface area contributed by atoms with Crippen molar-refractivity contribution in [2.45, 2.75) is 200 Å². The van der Waals surface area contributed by atoms with Crippen molar-refractivity contribution in [1.29, 1.82) is 0 Å². The summed E-state index contributed by atoms with van der Waals surface area (Å²) in [5.74, 6) is 0. The molecular weight excluding hydrogens is 721 g/mol. The second-order valence-electron chi connectivity index (χ2n) is 24.9. The van der Waals surface area contributed by atoms with Crippen LogP contribution in [0.3, 0.4) is 0 Å². The summed E-state index contributed by atoms with van der Waals surface area (Å²) in [6.45, 7) is 71.1. The maximum atomic E-state index is 2.98. The van der Waals surface area contributed by atoms with Gasteiger partial charge in [-0.3, -0.25) is 0 Å². The minimum Gasteiger partial charge on any atom is -0.0696 e. The predicted molar refractivity (Wildman–Crippen MR) is 239 cm³/mol. The van der Waals surface area contributed by atoms with Crippen molar-refractivity contribution in [1.82, 2.24) is 0 Å². The molecule has 0 aliphatic carbocycles. The van der Waals surface area contributed by atoms with Gasteiger partial charge in [0, 0.05) is 64.6 Å². The van der Waals surface area contributed by atoms with E-state index in [1.807, 2.05) is 0 Å². The lowest BCUT2D eigenvalue weighted by molar-refractivity contribution is 0.763. The normalized spacial score (nSPS) is 27.3. The molecule has 0 aromatic carbocycles. The fourth-order valence-corrected chi connectivity index (χ4v) is 355. The molecule has 0 bridgehead atoms. The van der Waals surface area contributed by atoms with Gasteiger partial charge in [0.2, 0.25) is 0 Å². The van der Waals surface area contributed by atoms with Gasteiger partial charge >= 0.3 is 0 Å². The molecule has 0 amide bonds. The van der Waals surface area contributed by atoms with Gasteiger partial charge in [0.1, 0.15) is 0 Å². The van der Waals surface area contributed by atoms with Crippen LogP contribution >= 0.6 is 0 Å². The number of rotatable bonds is 8. The first-order chi connectivity index (χ1) is 18.9. The van der Waals surface area contributed by atoms with Gasteiger partial charge in [0.15, 0.2) is 0 Å². The Labute approximate surface area is 290 Å². The highest BCUT2D eigenvalue weighted by Gasteiger charge is 3.04. The number of hydrogen-bond donors (Lipinski definition) is 0. The van der Waals surface area contributed by atoms with Crippen LogP contribution in [0.25, 0.3) is 0 Å². The third-order valence-corrected chi connectivity index (χ3v) is 175. The smallest absolute Gasteiger partial charge is 0.0608 e. The van der Waals surface area contributed by atoms with E-state index < -0.39 is 78.8 Å². The van der Waals surface area contributed by atoms with Gasteiger partial charge in [0.25, 0.3) is 0 Å². The molecule has 0 saturated carbocycles. The molecule has 0 aromatic rings. The topological polar surface area (TPSA) is 0 Å². The lowest BCUT2D eigenvalue weighted by Gasteiger charge is -2.74. The molecule has 2 saturated heterocycles. The zero-order chi connectivity index (χ0) is 35.0. The predicted octanol–water partition coefficient (Wildman–Crippen LogP) is 11.9. The standard InChI is InChI=1S/C32H80Si12/c1-35(2,3)29(36(4,5)6)25-26-30(37(7,8)9,38(10,11)12)43(29)33-34(43)44(33)31(39(13,14)15,40(16,17)18)27-28-32(44,41(19,20)21)42(22,23)24/h25-28H2,1-24H3. The molecule has 0 unspecified atom stereocenters. The summed E-state index contributed by atoms with van der Waals surface area (Å²) in [5, 5.41) is 0. The molecule has 0 aromatic heterocycles. The highest BCUT2D eigenvalue weighted by molar-refractivity contribution is 8.34. The fraction of sp³-hybridized carbons (Fsp3) is 1.00. The Morgan fingerprint density at radius 2 is 0.386 bits per heavy atom. The van der Waals surface area contributed by atoms with Crippen LogP contribution < -0.4 is 0 Å². The van der Waals surface area contributed by atoms with Gasteiger partial charge < -0.3 is 0 Å². The van der Waals surface area contributed by atoms with E-state index in [4.69, 9.17) is 0 Å². The van der Waals surface area contributed by atoms with E-state index in [0.29, 0.717) is 0 Å². The molecule has 4 heterocycles. The average Bonchev–Trinajstić information content (AvgIpc) is 3.42. The third kappa shape index (κ3) is 3.84. The number of hydrogen-bond acceptors (Lipinski definition) is 0. The molecule has 12 heteroatoms. The average molecular weight is 802 g/mol. The second kappa shape index (κ2) is 9.72. The lowest BCUT2D eigenvalue weighted by atomic mass is 10.4. The Hall–Kier alpha value is 2.60. The molecule has 4 aliphatic rings. The van der Waals surface area contributed by atoms with E-state index in [1.54, 1.807) is 25.7 Å². The van der Waals surface area contributed by atoms with E-state index in [0.717, 1.165) is 17.1 Å². The van der Waals surface area contributed by atoms with Gasteiger partial charge in [-0.25, -0.2) is 0 Å². The van der Waals surface area contributed by atoms with E-state index in [2.05, 4.69) is 157 Å². The largest absolute Gasteiger partial charge is 0.0696 e. The SMILES string of the molecule is C[Si](C)(C)C1([Si](C)(C)C)CCC([Si](C)(C)C)([Si](C)(C)C)[Si]12[Si]1=[Si]2[Si]12C([Si](C)(C)C)([Si](C)(C)C)CCC2([Si](C)(C)C)[Si](C)(C)C. The minimum absolute atomic E-state index is 0.161. The Bertz CT molecular complexity index is 1000. The van der Waals surface area contributed by atoms with Gasteiger partial charge in [0.05, 0.1) is 14.2 Å². The summed E-state index contributed by atoms with van der Waals surface area (Å²) in [5.41, 5.74) is 0. The molecule has 0 radical (unpaired) electrons. The molecule has 4 rings (SSSR count). The Kier molecular flexibility index (Phi) is 8.70. The molecule has 256 valence electrons. The summed E-state index contributed by atoms with van der Waals surface area (Å²) in [6, 6.07) is 0. The molecular formula is C32H80Si12. The summed E-state index contributed by atoms with van der Waals surface area (Å²) >= 11 is 0. The Morgan fingerprint density at radius 3 is 0.477 bits per heavy atom. The second-order valence-corrected chi connectivity index (χ2v) is 112. The summed E-state index contributed by atoms with van der Waals surface area (Å²) in [6.07, 6.45) is 6.97. The molecule has 2 spiro atoms. The number of fused-ring (bicyclic) bond motifs is 4. The molecule has 44 heavy (non-hydrogen) atoms. The molecule has 4 aliphatic heterocycles. The zero-order valence-corrected chi connectivity index (χ0v) is 46.8. The first-order valence-corrected chi connectivity index (χ1v) is 58.7. The van der Waals surface area contributed by atoms with Crippen molar-refractivity contribution in [3.8, 4) is 0 Å². The van der Waals surface area contributed by atoms with E-state index in [9.17, 15) is 0 Å². The minimum atomic E-state index is -1.43. The third-order valence-electron chi connectivity index (χ3n) is 16.2. The van der Waals surface area contributed by atoms with E-state index >= 15 is 0 Å². The van der Waals surface area contributed by atoms with Crippen LogP contribution in [0.2, 0.25) is 174 Å². The van der Waals surface area contributed by atoms with Crippen LogP contribution in [0.4, 0.5) is 0 Å². The lowest BCUT2D eigenvalue weighted by Crippen LogP contribution is -2.89. The monoisotopic (exact) mass is 800 g/mol. The molecule has 0 nitrogen and oxygen atoms in total. The summed E-state index contributed by atoms with van der Waals surface area (Å²) < 4.78 is 3.75. The van der Waals surface area contributed by atoms with Gasteiger partial charge in [-0.15, -0.1) is 0 Å². The van der Waals surface area contributed by atoms with Crippen molar-refractivity contribution in [3.05, 3.63) is 0 Å². The molecule has 0 atom stereocenters. The van der Waals surface area contributed by atoms with Crippen molar-refractivity contribution in [2.24, 2.45) is 0 Å². The first kappa shape index (κ1) is 39.4. The summed E-state index contributed by atoms with van der Waals surface area (Å²) in [4.78, 5) is 0. The van der Waals surface area contributed by atoms with Crippen LogP contribution in [0.5, 0.6) is 0 Å².